The van der Waals surface area contributed by atoms with Crippen LogP contribution in [0, 0.1) is 6.92 Å². The Morgan fingerprint density at radius 2 is 1.93 bits per heavy atom. The molecule has 30 heavy (non-hydrogen) atoms. The number of hydrogen-bond acceptors (Lipinski definition) is 6. The average Bonchev–Trinajstić information content (AvgIpc) is 2.77. The molecule has 2 aromatic carbocycles. The first kappa shape index (κ1) is 20.1. The number of rotatable bonds is 7. The smallest absolute Gasteiger partial charge is 0.163 e. The van der Waals surface area contributed by atoms with Gasteiger partial charge in [0.15, 0.2) is 5.82 Å². The third-order valence-corrected chi connectivity index (χ3v) is 4.98. The van der Waals surface area contributed by atoms with Crippen LogP contribution in [0.15, 0.2) is 60.9 Å². The molecule has 4 aromatic rings. The van der Waals surface area contributed by atoms with Gasteiger partial charge in [0, 0.05) is 41.2 Å². The number of fused-ring (bicyclic) bond motifs is 1. The van der Waals surface area contributed by atoms with Gasteiger partial charge in [-0.2, -0.15) is 0 Å². The summed E-state index contributed by atoms with van der Waals surface area (Å²) >= 11 is 6.31. The Hall–Kier alpha value is -3.22. The molecule has 0 unspecified atom stereocenters. The third-order valence-electron chi connectivity index (χ3n) is 4.58. The number of methoxy groups -OCH3 is 1. The quantitative estimate of drug-likeness (QED) is 0.402. The Morgan fingerprint density at radius 3 is 2.70 bits per heavy atom. The summed E-state index contributed by atoms with van der Waals surface area (Å²) in [6.07, 6.45) is 3.47. The molecule has 6 nitrogen and oxygen atoms in total. The van der Waals surface area contributed by atoms with Crippen LogP contribution < -0.4 is 10.1 Å². The van der Waals surface area contributed by atoms with Crippen molar-refractivity contribution in [3.05, 3.63) is 71.5 Å². The number of ether oxygens (including phenoxy) is 2. The molecule has 0 aliphatic heterocycles. The SMILES string of the molecule is COCCOc1ccc2nc(-c3cccnc3)nc(Nc3ccc(C)c(Cl)c3)c2c1. The highest BCUT2D eigenvalue weighted by Gasteiger charge is 2.12. The second kappa shape index (κ2) is 9.07. The molecule has 0 bridgehead atoms. The summed E-state index contributed by atoms with van der Waals surface area (Å²) < 4.78 is 10.8. The molecule has 0 saturated heterocycles. The second-order valence-electron chi connectivity index (χ2n) is 6.75. The number of nitrogens with zero attached hydrogens (tertiary/aromatic N) is 3. The van der Waals surface area contributed by atoms with Crippen molar-refractivity contribution in [3.8, 4) is 17.1 Å². The van der Waals surface area contributed by atoms with E-state index in [1.807, 2.05) is 55.5 Å². The van der Waals surface area contributed by atoms with E-state index >= 15 is 0 Å². The Morgan fingerprint density at radius 1 is 1.03 bits per heavy atom. The van der Waals surface area contributed by atoms with E-state index in [9.17, 15) is 0 Å². The number of anilines is 2. The van der Waals surface area contributed by atoms with E-state index in [4.69, 9.17) is 31.0 Å². The van der Waals surface area contributed by atoms with Crippen LogP contribution in [0.2, 0.25) is 5.02 Å². The molecule has 0 amide bonds. The summed E-state index contributed by atoms with van der Waals surface area (Å²) in [4.78, 5) is 13.7. The lowest BCUT2D eigenvalue weighted by Gasteiger charge is -2.13. The van der Waals surface area contributed by atoms with Crippen LogP contribution >= 0.6 is 11.6 Å². The summed E-state index contributed by atoms with van der Waals surface area (Å²) in [5.74, 6) is 1.97. The first-order valence-electron chi connectivity index (χ1n) is 9.51. The number of halogens is 1. The molecule has 0 atom stereocenters. The lowest BCUT2D eigenvalue weighted by molar-refractivity contribution is 0.146. The highest BCUT2D eigenvalue weighted by atomic mass is 35.5. The topological polar surface area (TPSA) is 69.2 Å². The average molecular weight is 421 g/mol. The zero-order chi connectivity index (χ0) is 20.9. The van der Waals surface area contributed by atoms with Crippen molar-refractivity contribution in [2.45, 2.75) is 6.92 Å². The summed E-state index contributed by atoms with van der Waals surface area (Å²) in [6, 6.07) is 15.4. The van der Waals surface area contributed by atoms with E-state index in [-0.39, 0.29) is 0 Å². The molecule has 2 heterocycles. The van der Waals surface area contributed by atoms with E-state index in [2.05, 4.69) is 10.3 Å². The molecule has 0 aliphatic rings. The summed E-state index contributed by atoms with van der Waals surface area (Å²) in [7, 11) is 1.65. The van der Waals surface area contributed by atoms with Crippen LogP contribution in [-0.4, -0.2) is 35.3 Å². The summed E-state index contributed by atoms with van der Waals surface area (Å²) in [5, 5.41) is 4.91. The highest BCUT2D eigenvalue weighted by molar-refractivity contribution is 6.31. The van der Waals surface area contributed by atoms with Crippen molar-refractivity contribution >= 4 is 34.0 Å². The van der Waals surface area contributed by atoms with Gasteiger partial charge in [0.25, 0.3) is 0 Å². The van der Waals surface area contributed by atoms with Gasteiger partial charge < -0.3 is 14.8 Å². The van der Waals surface area contributed by atoms with Gasteiger partial charge in [-0.1, -0.05) is 17.7 Å². The van der Waals surface area contributed by atoms with Crippen LogP contribution in [0.1, 0.15) is 5.56 Å². The Labute approximate surface area is 179 Å². The van der Waals surface area contributed by atoms with Crippen molar-refractivity contribution < 1.29 is 9.47 Å². The minimum Gasteiger partial charge on any atom is -0.491 e. The van der Waals surface area contributed by atoms with Gasteiger partial charge in [0.05, 0.1) is 12.1 Å². The molecule has 152 valence electrons. The van der Waals surface area contributed by atoms with E-state index in [1.54, 1.807) is 19.5 Å². The van der Waals surface area contributed by atoms with Crippen LogP contribution in [0.25, 0.3) is 22.3 Å². The minimum absolute atomic E-state index is 0.465. The van der Waals surface area contributed by atoms with Gasteiger partial charge >= 0.3 is 0 Å². The normalized spacial score (nSPS) is 10.9. The molecule has 0 saturated carbocycles. The van der Waals surface area contributed by atoms with Crippen LogP contribution in [0.4, 0.5) is 11.5 Å². The van der Waals surface area contributed by atoms with Crippen LogP contribution in [0.3, 0.4) is 0 Å². The maximum absolute atomic E-state index is 6.31. The number of benzene rings is 2. The zero-order valence-corrected chi connectivity index (χ0v) is 17.5. The largest absolute Gasteiger partial charge is 0.491 e. The third kappa shape index (κ3) is 4.50. The molecule has 0 spiro atoms. The van der Waals surface area contributed by atoms with Crippen molar-refractivity contribution in [2.24, 2.45) is 0 Å². The number of nitrogens with one attached hydrogen (secondary N) is 1. The predicted octanol–water partition coefficient (Wildman–Crippen LogP) is 5.42. The van der Waals surface area contributed by atoms with Gasteiger partial charge in [-0.3, -0.25) is 4.98 Å². The number of aryl methyl sites for hydroxylation is 1. The Bertz CT molecular complexity index is 1170. The molecule has 4 rings (SSSR count). The number of hydrogen-bond donors (Lipinski definition) is 1. The van der Waals surface area contributed by atoms with E-state index < -0.39 is 0 Å². The van der Waals surface area contributed by atoms with Crippen LogP contribution in [0.5, 0.6) is 5.75 Å². The van der Waals surface area contributed by atoms with Gasteiger partial charge in [-0.15, -0.1) is 0 Å². The molecule has 2 aromatic heterocycles. The van der Waals surface area contributed by atoms with Crippen molar-refractivity contribution in [1.82, 2.24) is 15.0 Å². The lowest BCUT2D eigenvalue weighted by atomic mass is 10.2. The van der Waals surface area contributed by atoms with Crippen molar-refractivity contribution in [2.75, 3.05) is 25.6 Å². The molecule has 0 aliphatic carbocycles. The van der Waals surface area contributed by atoms with Crippen molar-refractivity contribution in [1.29, 1.82) is 0 Å². The second-order valence-corrected chi connectivity index (χ2v) is 7.15. The van der Waals surface area contributed by atoms with Crippen LogP contribution in [-0.2, 0) is 4.74 Å². The van der Waals surface area contributed by atoms with E-state index in [1.165, 1.54) is 0 Å². The van der Waals surface area contributed by atoms with E-state index in [0.29, 0.717) is 29.9 Å². The predicted molar refractivity (Wildman–Crippen MR) is 120 cm³/mol. The first-order valence-corrected chi connectivity index (χ1v) is 9.89. The minimum atomic E-state index is 0.465. The first-order chi connectivity index (χ1) is 14.6. The maximum Gasteiger partial charge on any atom is 0.163 e. The zero-order valence-electron chi connectivity index (χ0n) is 16.7. The lowest BCUT2D eigenvalue weighted by Crippen LogP contribution is -2.05. The molecule has 1 N–H and O–H groups in total. The summed E-state index contributed by atoms with van der Waals surface area (Å²) in [5.41, 5.74) is 3.49. The Balaban J connectivity index is 1.79. The van der Waals surface area contributed by atoms with Gasteiger partial charge in [-0.25, -0.2) is 9.97 Å². The highest BCUT2D eigenvalue weighted by Crippen LogP contribution is 2.31. The summed E-state index contributed by atoms with van der Waals surface area (Å²) in [6.45, 7) is 2.95. The van der Waals surface area contributed by atoms with E-state index in [0.717, 1.165) is 33.5 Å². The fourth-order valence-corrected chi connectivity index (χ4v) is 3.15. The van der Waals surface area contributed by atoms with Gasteiger partial charge in [0.2, 0.25) is 0 Å². The fraction of sp³-hybridized carbons (Fsp3) is 0.174. The monoisotopic (exact) mass is 420 g/mol. The molecular weight excluding hydrogens is 400 g/mol. The van der Waals surface area contributed by atoms with Crippen molar-refractivity contribution in [3.63, 3.8) is 0 Å². The molecular formula is C23H21ClN4O2. The number of aromatic nitrogens is 3. The standard InChI is InChI=1S/C23H21ClN4O2/c1-15-5-6-17(12-20(15)24)26-23-19-13-18(30-11-10-29-2)7-8-21(19)27-22(28-23)16-4-3-9-25-14-16/h3-9,12-14H,10-11H2,1-2H3,(H,26,27,28). The fourth-order valence-electron chi connectivity index (χ4n) is 2.97. The maximum atomic E-state index is 6.31. The molecule has 7 heteroatoms. The van der Waals surface area contributed by atoms with Gasteiger partial charge in [-0.05, 0) is 55.0 Å². The Kier molecular flexibility index (Phi) is 6.07. The number of pyridine rings is 1. The van der Waals surface area contributed by atoms with Gasteiger partial charge in [0.1, 0.15) is 18.2 Å². The molecule has 0 radical (unpaired) electrons. The molecule has 0 fully saturated rings.